The molecule has 1 N–H and O–H groups in total. The van der Waals surface area contributed by atoms with E-state index in [1.807, 2.05) is 5.38 Å². The molecule has 0 bridgehead atoms. The van der Waals surface area contributed by atoms with Gasteiger partial charge in [0.15, 0.2) is 5.17 Å². The first-order valence-corrected chi connectivity index (χ1v) is 8.46. The molecule has 1 aromatic carbocycles. The summed E-state index contributed by atoms with van der Waals surface area (Å²) in [6.07, 6.45) is 5.13. The Hall–Kier alpha value is -2.38. The van der Waals surface area contributed by atoms with Crippen molar-refractivity contribution in [1.82, 2.24) is 9.88 Å². The molecule has 1 aromatic heterocycles. The predicted octanol–water partition coefficient (Wildman–Crippen LogP) is 3.64. The van der Waals surface area contributed by atoms with Crippen LogP contribution in [0.15, 0.2) is 58.4 Å². The van der Waals surface area contributed by atoms with Gasteiger partial charge in [0.05, 0.1) is 4.91 Å². The van der Waals surface area contributed by atoms with Crippen LogP contribution in [0.2, 0.25) is 0 Å². The lowest BCUT2D eigenvalue weighted by atomic mass is 10.2. The monoisotopic (exact) mass is 343 g/mol. The SMILES string of the molecule is C=CCN1C(=O)/C(=C/c2ccc(O)cc2)S/C1=N/c1nccs1. The number of thiazole rings is 1. The van der Waals surface area contributed by atoms with E-state index in [9.17, 15) is 9.90 Å². The van der Waals surface area contributed by atoms with E-state index in [1.54, 1.807) is 47.5 Å². The molecule has 1 aliphatic rings. The van der Waals surface area contributed by atoms with Gasteiger partial charge in [-0.25, -0.2) is 4.98 Å². The van der Waals surface area contributed by atoms with Gasteiger partial charge in [0.2, 0.25) is 5.13 Å². The first kappa shape index (κ1) is 15.5. The zero-order valence-electron chi connectivity index (χ0n) is 12.0. The van der Waals surface area contributed by atoms with E-state index in [-0.39, 0.29) is 11.7 Å². The summed E-state index contributed by atoms with van der Waals surface area (Å²) in [5, 5.41) is 12.4. The van der Waals surface area contributed by atoms with Crippen molar-refractivity contribution < 1.29 is 9.90 Å². The lowest BCUT2D eigenvalue weighted by Crippen LogP contribution is -2.29. The molecular formula is C16H13N3O2S2. The molecule has 1 aliphatic heterocycles. The van der Waals surface area contributed by atoms with Gasteiger partial charge in [-0.05, 0) is 35.5 Å². The molecule has 116 valence electrons. The lowest BCUT2D eigenvalue weighted by molar-refractivity contribution is -0.121. The number of aliphatic imine (C=N–C) groups is 1. The molecule has 0 atom stereocenters. The summed E-state index contributed by atoms with van der Waals surface area (Å²) in [5.41, 5.74) is 0.840. The Kier molecular flexibility index (Phi) is 4.59. The van der Waals surface area contributed by atoms with E-state index in [1.165, 1.54) is 23.1 Å². The molecule has 1 saturated heterocycles. The molecule has 5 nitrogen and oxygen atoms in total. The van der Waals surface area contributed by atoms with Crippen molar-refractivity contribution in [3.05, 3.63) is 59.0 Å². The van der Waals surface area contributed by atoms with Gasteiger partial charge in [-0.1, -0.05) is 18.2 Å². The van der Waals surface area contributed by atoms with Gasteiger partial charge >= 0.3 is 0 Å². The number of hydrogen-bond donors (Lipinski definition) is 1. The van der Waals surface area contributed by atoms with Gasteiger partial charge in [0, 0.05) is 18.1 Å². The van der Waals surface area contributed by atoms with Gasteiger partial charge in [0.1, 0.15) is 5.75 Å². The molecule has 0 saturated carbocycles. The molecule has 7 heteroatoms. The summed E-state index contributed by atoms with van der Waals surface area (Å²) < 4.78 is 0. The van der Waals surface area contributed by atoms with Crippen LogP contribution in [-0.2, 0) is 4.79 Å². The summed E-state index contributed by atoms with van der Waals surface area (Å²) in [4.78, 5) is 23.3. The minimum atomic E-state index is -0.113. The quantitative estimate of drug-likeness (QED) is 0.680. The summed E-state index contributed by atoms with van der Waals surface area (Å²) in [6, 6.07) is 6.68. The first-order valence-electron chi connectivity index (χ1n) is 6.77. The second-order valence-electron chi connectivity index (χ2n) is 4.62. The lowest BCUT2D eigenvalue weighted by Gasteiger charge is -2.11. The van der Waals surface area contributed by atoms with Crippen molar-refractivity contribution in [3.63, 3.8) is 0 Å². The second kappa shape index (κ2) is 6.80. The van der Waals surface area contributed by atoms with E-state index in [2.05, 4.69) is 16.6 Å². The molecule has 2 heterocycles. The van der Waals surface area contributed by atoms with E-state index >= 15 is 0 Å². The molecule has 0 radical (unpaired) electrons. The van der Waals surface area contributed by atoms with Crippen LogP contribution in [0.3, 0.4) is 0 Å². The molecule has 0 aliphatic carbocycles. The number of carbonyl (C=O) groups excluding carboxylic acids is 1. The standard InChI is InChI=1S/C16H13N3O2S2/c1-2-8-19-14(21)13(10-11-3-5-12(20)6-4-11)23-16(19)18-15-17-7-9-22-15/h2-7,9-10,20H,1,8H2/b13-10-,18-16+. The number of phenolic OH excluding ortho intramolecular Hbond substituents is 1. The van der Waals surface area contributed by atoms with Gasteiger partial charge in [0.25, 0.3) is 5.91 Å². The van der Waals surface area contributed by atoms with Crippen LogP contribution in [0.25, 0.3) is 6.08 Å². The number of benzene rings is 1. The molecule has 0 unspecified atom stereocenters. The topological polar surface area (TPSA) is 65.8 Å². The third kappa shape index (κ3) is 3.52. The number of thioether (sulfide) groups is 1. The maximum absolute atomic E-state index is 12.5. The van der Waals surface area contributed by atoms with Crippen molar-refractivity contribution in [2.75, 3.05) is 6.54 Å². The molecule has 23 heavy (non-hydrogen) atoms. The van der Waals surface area contributed by atoms with Crippen LogP contribution in [0.4, 0.5) is 5.13 Å². The Bertz CT molecular complexity index is 780. The van der Waals surface area contributed by atoms with Gasteiger partial charge in [-0.15, -0.1) is 17.9 Å². The van der Waals surface area contributed by atoms with Crippen molar-refractivity contribution in [3.8, 4) is 5.75 Å². The molecule has 2 aromatic rings. The zero-order valence-corrected chi connectivity index (χ0v) is 13.7. The number of amides is 1. The molecule has 1 amide bonds. The highest BCUT2D eigenvalue weighted by Gasteiger charge is 2.32. The molecule has 0 spiro atoms. The number of aromatic hydroxyl groups is 1. The summed E-state index contributed by atoms with van der Waals surface area (Å²) >= 11 is 2.72. The van der Waals surface area contributed by atoms with Gasteiger partial charge in [-0.2, -0.15) is 4.99 Å². The minimum Gasteiger partial charge on any atom is -0.508 e. The maximum atomic E-state index is 12.5. The summed E-state index contributed by atoms with van der Waals surface area (Å²) in [6.45, 7) is 4.08. The summed E-state index contributed by atoms with van der Waals surface area (Å²) in [7, 11) is 0. The Morgan fingerprint density at radius 1 is 1.35 bits per heavy atom. The van der Waals surface area contributed by atoms with E-state index in [0.29, 0.717) is 21.7 Å². The fraction of sp³-hybridized carbons (Fsp3) is 0.0625. The number of phenols is 1. The third-order valence-corrected chi connectivity index (χ3v) is 4.67. The van der Waals surface area contributed by atoms with Gasteiger partial charge < -0.3 is 5.11 Å². The van der Waals surface area contributed by atoms with Crippen LogP contribution in [-0.4, -0.2) is 32.6 Å². The highest BCUT2D eigenvalue weighted by molar-refractivity contribution is 8.18. The Balaban J connectivity index is 1.92. The van der Waals surface area contributed by atoms with Crippen molar-refractivity contribution in [2.45, 2.75) is 0 Å². The van der Waals surface area contributed by atoms with E-state index in [4.69, 9.17) is 0 Å². The third-order valence-electron chi connectivity index (χ3n) is 3.00. The van der Waals surface area contributed by atoms with Crippen LogP contribution >= 0.6 is 23.1 Å². The number of nitrogens with zero attached hydrogens (tertiary/aromatic N) is 3. The maximum Gasteiger partial charge on any atom is 0.267 e. The fourth-order valence-corrected chi connectivity index (χ4v) is 3.51. The minimum absolute atomic E-state index is 0.113. The highest BCUT2D eigenvalue weighted by atomic mass is 32.2. The van der Waals surface area contributed by atoms with E-state index < -0.39 is 0 Å². The number of hydrogen-bond acceptors (Lipinski definition) is 6. The highest BCUT2D eigenvalue weighted by Crippen LogP contribution is 2.34. The summed E-state index contributed by atoms with van der Waals surface area (Å²) in [5.74, 6) is 0.0788. The Morgan fingerprint density at radius 2 is 2.13 bits per heavy atom. The first-order chi connectivity index (χ1) is 11.2. The van der Waals surface area contributed by atoms with Crippen molar-refractivity contribution >= 4 is 45.4 Å². The largest absolute Gasteiger partial charge is 0.508 e. The molecular weight excluding hydrogens is 330 g/mol. The van der Waals surface area contributed by atoms with Crippen LogP contribution in [0.1, 0.15) is 5.56 Å². The number of rotatable bonds is 4. The fourth-order valence-electron chi connectivity index (χ4n) is 1.96. The van der Waals surface area contributed by atoms with Crippen molar-refractivity contribution in [1.29, 1.82) is 0 Å². The van der Waals surface area contributed by atoms with Crippen LogP contribution in [0.5, 0.6) is 5.75 Å². The molecule has 3 rings (SSSR count). The van der Waals surface area contributed by atoms with Gasteiger partial charge in [-0.3, -0.25) is 9.69 Å². The van der Waals surface area contributed by atoms with Crippen molar-refractivity contribution in [2.24, 2.45) is 4.99 Å². The normalized spacial score (nSPS) is 18.1. The average molecular weight is 343 g/mol. The van der Waals surface area contributed by atoms with Crippen LogP contribution in [0, 0.1) is 0 Å². The number of amidine groups is 1. The second-order valence-corrected chi connectivity index (χ2v) is 6.50. The van der Waals surface area contributed by atoms with Crippen LogP contribution < -0.4 is 0 Å². The Labute approximate surface area is 141 Å². The van der Waals surface area contributed by atoms with E-state index in [0.717, 1.165) is 5.56 Å². The number of aromatic nitrogens is 1. The molecule has 1 fully saturated rings. The predicted molar refractivity (Wildman–Crippen MR) is 94.8 cm³/mol. The Morgan fingerprint density at radius 3 is 2.78 bits per heavy atom. The number of carbonyl (C=O) groups is 1. The average Bonchev–Trinajstić information content (AvgIpc) is 3.14. The smallest absolute Gasteiger partial charge is 0.267 e. The zero-order chi connectivity index (χ0) is 16.2.